The van der Waals surface area contributed by atoms with Crippen LogP contribution in [0.5, 0.6) is 5.75 Å². The van der Waals surface area contributed by atoms with E-state index >= 15 is 0 Å². The summed E-state index contributed by atoms with van der Waals surface area (Å²) in [5.41, 5.74) is 5.64. The van der Waals surface area contributed by atoms with Crippen molar-refractivity contribution in [2.24, 2.45) is 0 Å². The number of rotatable bonds is 9. The summed E-state index contributed by atoms with van der Waals surface area (Å²) in [6.45, 7) is 0.347. The van der Waals surface area contributed by atoms with Gasteiger partial charge in [-0.05, 0) is 36.1 Å². The molecule has 0 heterocycles. The first kappa shape index (κ1) is 17.6. The zero-order valence-corrected chi connectivity index (χ0v) is 13.3. The standard InChI is InChI=1S/C19H21NO4/c21-17-12-10-15(11-13-17)14-24-20-18(8-4-5-9-19(22)23)16-6-2-1-3-7-16/h1-3,6-8,10-13,20-21H,4-5,9,14H2,(H,22,23). The molecule has 0 spiro atoms. The molecule has 5 heteroatoms. The minimum Gasteiger partial charge on any atom is -0.508 e. The molecular formula is C19H21NO4. The van der Waals surface area contributed by atoms with E-state index < -0.39 is 5.97 Å². The van der Waals surface area contributed by atoms with Gasteiger partial charge in [-0.15, -0.1) is 0 Å². The van der Waals surface area contributed by atoms with Gasteiger partial charge >= 0.3 is 5.97 Å². The highest BCUT2D eigenvalue weighted by Gasteiger charge is 2.02. The van der Waals surface area contributed by atoms with E-state index in [-0.39, 0.29) is 12.2 Å². The second-order valence-electron chi connectivity index (χ2n) is 5.33. The van der Waals surface area contributed by atoms with Crippen molar-refractivity contribution < 1.29 is 19.8 Å². The van der Waals surface area contributed by atoms with E-state index in [2.05, 4.69) is 5.48 Å². The van der Waals surface area contributed by atoms with Gasteiger partial charge in [-0.25, -0.2) is 0 Å². The van der Waals surface area contributed by atoms with Crippen LogP contribution >= 0.6 is 0 Å². The Balaban J connectivity index is 1.93. The molecule has 3 N–H and O–H groups in total. The normalized spacial score (nSPS) is 11.2. The smallest absolute Gasteiger partial charge is 0.303 e. The molecule has 0 aromatic heterocycles. The van der Waals surface area contributed by atoms with Gasteiger partial charge in [0.1, 0.15) is 5.75 Å². The highest BCUT2D eigenvalue weighted by Crippen LogP contribution is 2.14. The van der Waals surface area contributed by atoms with Crippen molar-refractivity contribution in [2.75, 3.05) is 0 Å². The van der Waals surface area contributed by atoms with Crippen molar-refractivity contribution in [3.8, 4) is 5.75 Å². The van der Waals surface area contributed by atoms with Crippen LogP contribution in [-0.2, 0) is 16.2 Å². The third-order valence-corrected chi connectivity index (χ3v) is 3.39. The van der Waals surface area contributed by atoms with E-state index in [0.717, 1.165) is 16.8 Å². The van der Waals surface area contributed by atoms with Crippen molar-refractivity contribution in [2.45, 2.75) is 25.9 Å². The number of carboxylic acids is 1. The summed E-state index contributed by atoms with van der Waals surface area (Å²) in [7, 11) is 0. The van der Waals surface area contributed by atoms with Crippen molar-refractivity contribution in [3.63, 3.8) is 0 Å². The SMILES string of the molecule is O=C(O)CCCC=C(NOCc1ccc(O)cc1)c1ccccc1. The summed E-state index contributed by atoms with van der Waals surface area (Å²) in [6, 6.07) is 16.5. The summed E-state index contributed by atoms with van der Waals surface area (Å²) in [4.78, 5) is 16.1. The predicted octanol–water partition coefficient (Wildman–Crippen LogP) is 3.71. The van der Waals surface area contributed by atoms with Gasteiger partial charge in [0.15, 0.2) is 0 Å². The van der Waals surface area contributed by atoms with Crippen LogP contribution < -0.4 is 5.48 Å². The Hall–Kier alpha value is -2.79. The summed E-state index contributed by atoms with van der Waals surface area (Å²) in [5, 5.41) is 18.0. The fourth-order valence-electron chi connectivity index (χ4n) is 2.13. The van der Waals surface area contributed by atoms with Crippen molar-refractivity contribution >= 4 is 11.7 Å². The number of carbonyl (C=O) groups is 1. The minimum atomic E-state index is -0.791. The summed E-state index contributed by atoms with van der Waals surface area (Å²) >= 11 is 0. The van der Waals surface area contributed by atoms with Crippen LogP contribution in [0.4, 0.5) is 0 Å². The van der Waals surface area contributed by atoms with Gasteiger partial charge in [-0.1, -0.05) is 48.5 Å². The van der Waals surface area contributed by atoms with Crippen molar-refractivity contribution in [1.29, 1.82) is 0 Å². The number of phenols is 1. The Labute approximate surface area is 141 Å². The lowest BCUT2D eigenvalue weighted by Crippen LogP contribution is -2.13. The maximum atomic E-state index is 10.6. The fourth-order valence-corrected chi connectivity index (χ4v) is 2.13. The molecule has 0 aliphatic carbocycles. The molecule has 2 aromatic carbocycles. The number of hydrogen-bond acceptors (Lipinski definition) is 4. The number of phenolic OH excluding ortho intramolecular Hbond substituents is 1. The largest absolute Gasteiger partial charge is 0.508 e. The van der Waals surface area contributed by atoms with Crippen LogP contribution in [-0.4, -0.2) is 16.2 Å². The second kappa shape index (κ2) is 9.37. The second-order valence-corrected chi connectivity index (χ2v) is 5.33. The molecule has 0 atom stereocenters. The molecule has 0 bridgehead atoms. The topological polar surface area (TPSA) is 78.8 Å². The third-order valence-electron chi connectivity index (χ3n) is 3.39. The van der Waals surface area contributed by atoms with Gasteiger partial charge in [0.2, 0.25) is 0 Å². The van der Waals surface area contributed by atoms with E-state index in [1.807, 2.05) is 36.4 Å². The summed E-state index contributed by atoms with van der Waals surface area (Å²) < 4.78 is 0. The Morgan fingerprint density at radius 1 is 1.08 bits per heavy atom. The molecule has 2 rings (SSSR count). The molecule has 0 saturated carbocycles. The summed E-state index contributed by atoms with van der Waals surface area (Å²) in [5.74, 6) is -0.573. The maximum Gasteiger partial charge on any atom is 0.303 e. The Bertz CT molecular complexity index is 666. The predicted molar refractivity (Wildman–Crippen MR) is 91.9 cm³/mol. The third kappa shape index (κ3) is 6.14. The lowest BCUT2D eigenvalue weighted by molar-refractivity contribution is -0.137. The van der Waals surface area contributed by atoms with E-state index in [9.17, 15) is 9.90 Å². The maximum absolute atomic E-state index is 10.6. The molecule has 0 saturated heterocycles. The highest BCUT2D eigenvalue weighted by molar-refractivity contribution is 5.67. The monoisotopic (exact) mass is 327 g/mol. The fraction of sp³-hybridized carbons (Fsp3) is 0.211. The number of benzene rings is 2. The lowest BCUT2D eigenvalue weighted by Gasteiger charge is -2.12. The van der Waals surface area contributed by atoms with Gasteiger partial charge in [0.25, 0.3) is 0 Å². The average molecular weight is 327 g/mol. The number of hydroxylamine groups is 1. The van der Waals surface area contributed by atoms with Crippen molar-refractivity contribution in [1.82, 2.24) is 5.48 Å². The number of carboxylic acid groups (broad SMARTS) is 1. The zero-order chi connectivity index (χ0) is 17.2. The Morgan fingerprint density at radius 2 is 1.79 bits per heavy atom. The molecule has 24 heavy (non-hydrogen) atoms. The first-order valence-corrected chi connectivity index (χ1v) is 7.78. The molecule has 0 unspecified atom stereocenters. The van der Waals surface area contributed by atoms with Gasteiger partial charge in [-0.2, -0.15) is 0 Å². The van der Waals surface area contributed by atoms with E-state index in [1.54, 1.807) is 24.3 Å². The number of allylic oxidation sites excluding steroid dienone is 1. The van der Waals surface area contributed by atoms with Crippen LogP contribution in [0.25, 0.3) is 5.70 Å². The molecule has 0 radical (unpaired) electrons. The van der Waals surface area contributed by atoms with Crippen LogP contribution in [0.3, 0.4) is 0 Å². The molecule has 0 aliphatic heterocycles. The van der Waals surface area contributed by atoms with Gasteiger partial charge in [0.05, 0.1) is 12.3 Å². The van der Waals surface area contributed by atoms with E-state index in [1.165, 1.54) is 0 Å². The van der Waals surface area contributed by atoms with E-state index in [4.69, 9.17) is 9.94 Å². The molecule has 0 amide bonds. The van der Waals surface area contributed by atoms with Crippen LogP contribution in [0.1, 0.15) is 30.4 Å². The lowest BCUT2D eigenvalue weighted by atomic mass is 10.1. The highest BCUT2D eigenvalue weighted by atomic mass is 16.6. The quantitative estimate of drug-likeness (QED) is 0.483. The number of aromatic hydroxyl groups is 1. The minimum absolute atomic E-state index is 0.146. The molecule has 5 nitrogen and oxygen atoms in total. The summed E-state index contributed by atoms with van der Waals surface area (Å²) in [6.07, 6.45) is 3.30. The first-order valence-electron chi connectivity index (χ1n) is 7.78. The van der Waals surface area contributed by atoms with E-state index in [0.29, 0.717) is 19.4 Å². The molecule has 0 fully saturated rings. The molecule has 2 aromatic rings. The molecule has 0 aliphatic rings. The van der Waals surface area contributed by atoms with Crippen LogP contribution in [0.2, 0.25) is 0 Å². The number of unbranched alkanes of at least 4 members (excludes halogenated alkanes) is 1. The van der Waals surface area contributed by atoms with Crippen LogP contribution in [0.15, 0.2) is 60.7 Å². The Kier molecular flexibility index (Phi) is 6.86. The van der Waals surface area contributed by atoms with Gasteiger partial charge in [-0.3, -0.25) is 15.1 Å². The van der Waals surface area contributed by atoms with Gasteiger partial charge < -0.3 is 10.2 Å². The Morgan fingerprint density at radius 3 is 2.46 bits per heavy atom. The van der Waals surface area contributed by atoms with Crippen molar-refractivity contribution in [3.05, 3.63) is 71.8 Å². The first-order chi connectivity index (χ1) is 11.6. The number of hydrogen-bond donors (Lipinski definition) is 3. The number of nitrogens with one attached hydrogen (secondary N) is 1. The molecule has 126 valence electrons. The van der Waals surface area contributed by atoms with Crippen LogP contribution in [0, 0.1) is 0 Å². The van der Waals surface area contributed by atoms with Gasteiger partial charge in [0, 0.05) is 6.42 Å². The average Bonchev–Trinajstić information content (AvgIpc) is 2.59. The number of aliphatic carboxylic acids is 1. The zero-order valence-electron chi connectivity index (χ0n) is 13.3. The molecular weight excluding hydrogens is 306 g/mol.